The maximum atomic E-state index is 13.1. The van der Waals surface area contributed by atoms with E-state index >= 15 is 0 Å². The Morgan fingerprint density at radius 3 is 2.38 bits per heavy atom. The maximum Gasteiger partial charge on any atom is 0.239 e. The van der Waals surface area contributed by atoms with E-state index in [1.807, 2.05) is 6.07 Å². The Hall–Kier alpha value is -1.00. The third-order valence-corrected chi connectivity index (χ3v) is 6.17. The molecule has 0 atom stereocenters. The molecular formula is C17H24N2OS. The first-order valence-corrected chi connectivity index (χ1v) is 8.80. The number of carbonyl (C=O) groups is 1. The fourth-order valence-electron chi connectivity index (χ4n) is 3.41. The fourth-order valence-corrected chi connectivity index (χ4v) is 4.86. The van der Waals surface area contributed by atoms with Crippen LogP contribution in [-0.4, -0.2) is 34.7 Å². The van der Waals surface area contributed by atoms with Crippen LogP contribution in [0, 0.1) is 0 Å². The summed E-state index contributed by atoms with van der Waals surface area (Å²) in [5.74, 6) is 0.348. The molecule has 0 radical (unpaired) electrons. The summed E-state index contributed by atoms with van der Waals surface area (Å²) in [6, 6.07) is 10.6. The largest absolute Gasteiger partial charge is 0.341 e. The number of benzene rings is 1. The van der Waals surface area contributed by atoms with E-state index in [9.17, 15) is 4.79 Å². The minimum Gasteiger partial charge on any atom is -0.341 e. The molecular weight excluding hydrogens is 280 g/mol. The first kappa shape index (κ1) is 14.9. The van der Waals surface area contributed by atoms with E-state index < -0.39 is 0 Å². The Bertz CT molecular complexity index is 477. The molecule has 2 fully saturated rings. The second-order valence-corrected chi connectivity index (χ2v) is 7.70. The van der Waals surface area contributed by atoms with Crippen LogP contribution in [0.5, 0.6) is 0 Å². The highest BCUT2D eigenvalue weighted by Crippen LogP contribution is 2.46. The highest BCUT2D eigenvalue weighted by molar-refractivity contribution is 8.01. The van der Waals surface area contributed by atoms with Crippen molar-refractivity contribution in [1.29, 1.82) is 0 Å². The molecule has 3 rings (SSSR count). The van der Waals surface area contributed by atoms with Gasteiger partial charge in [-0.15, -0.1) is 11.8 Å². The van der Waals surface area contributed by atoms with E-state index in [1.54, 1.807) is 11.8 Å². The number of carbonyl (C=O) groups excluding carboxylic acids is 1. The molecule has 4 heteroatoms. The van der Waals surface area contributed by atoms with Crippen molar-refractivity contribution in [3.63, 3.8) is 0 Å². The van der Waals surface area contributed by atoms with Gasteiger partial charge in [0.15, 0.2) is 0 Å². The fraction of sp³-hybridized carbons (Fsp3) is 0.588. The van der Waals surface area contributed by atoms with E-state index in [0.29, 0.717) is 5.91 Å². The van der Waals surface area contributed by atoms with Crippen LogP contribution in [-0.2, 0) is 4.79 Å². The Morgan fingerprint density at radius 1 is 1.14 bits per heavy atom. The zero-order valence-corrected chi connectivity index (χ0v) is 13.3. The molecule has 1 heterocycles. The number of nitrogens with zero attached hydrogens (tertiary/aromatic N) is 1. The lowest BCUT2D eigenvalue weighted by Crippen LogP contribution is -2.50. The highest BCUT2D eigenvalue weighted by Gasteiger charge is 2.44. The van der Waals surface area contributed by atoms with Gasteiger partial charge in [-0.1, -0.05) is 31.0 Å². The van der Waals surface area contributed by atoms with Crippen molar-refractivity contribution >= 4 is 17.7 Å². The number of thioether (sulfide) groups is 1. The number of amides is 1. The molecule has 0 spiro atoms. The Balaban J connectivity index is 1.75. The SMILES string of the molecule is NC1CCN(C(=O)C2(Sc3ccccc3)CCCC2)CC1. The molecule has 1 saturated heterocycles. The first-order chi connectivity index (χ1) is 10.2. The van der Waals surface area contributed by atoms with Gasteiger partial charge in [-0.3, -0.25) is 4.79 Å². The monoisotopic (exact) mass is 304 g/mol. The van der Waals surface area contributed by atoms with Crippen molar-refractivity contribution in [3.8, 4) is 0 Å². The van der Waals surface area contributed by atoms with Gasteiger partial charge in [-0.2, -0.15) is 0 Å². The molecule has 1 aliphatic heterocycles. The molecule has 1 aromatic carbocycles. The lowest BCUT2D eigenvalue weighted by Gasteiger charge is -2.37. The molecule has 2 aliphatic rings. The van der Waals surface area contributed by atoms with Crippen molar-refractivity contribution in [2.75, 3.05) is 13.1 Å². The molecule has 1 aromatic rings. The standard InChI is InChI=1S/C17H24N2OS/c18-14-8-12-19(13-9-14)16(20)17(10-4-5-11-17)21-15-6-2-1-3-7-15/h1-3,6-7,14H,4-5,8-13,18H2. The zero-order chi connectivity index (χ0) is 14.7. The minimum atomic E-state index is -0.233. The molecule has 1 saturated carbocycles. The summed E-state index contributed by atoms with van der Waals surface area (Å²) in [5, 5.41) is 0. The summed E-state index contributed by atoms with van der Waals surface area (Å²) in [4.78, 5) is 16.4. The van der Waals surface area contributed by atoms with Crippen LogP contribution in [0.1, 0.15) is 38.5 Å². The smallest absolute Gasteiger partial charge is 0.239 e. The van der Waals surface area contributed by atoms with Gasteiger partial charge in [0.1, 0.15) is 0 Å². The van der Waals surface area contributed by atoms with Crippen LogP contribution < -0.4 is 5.73 Å². The van der Waals surface area contributed by atoms with E-state index in [1.165, 1.54) is 17.7 Å². The van der Waals surface area contributed by atoms with Crippen LogP contribution >= 0.6 is 11.8 Å². The molecule has 21 heavy (non-hydrogen) atoms. The lowest BCUT2D eigenvalue weighted by atomic mass is 10.0. The van der Waals surface area contributed by atoms with Gasteiger partial charge in [-0.05, 0) is 37.8 Å². The molecule has 1 aliphatic carbocycles. The maximum absolute atomic E-state index is 13.1. The van der Waals surface area contributed by atoms with Crippen molar-refractivity contribution in [3.05, 3.63) is 30.3 Å². The van der Waals surface area contributed by atoms with Crippen molar-refractivity contribution in [2.24, 2.45) is 5.73 Å². The van der Waals surface area contributed by atoms with Gasteiger partial charge in [0.2, 0.25) is 5.91 Å². The quantitative estimate of drug-likeness (QED) is 0.933. The van der Waals surface area contributed by atoms with Crippen LogP contribution in [0.4, 0.5) is 0 Å². The van der Waals surface area contributed by atoms with Gasteiger partial charge in [0.25, 0.3) is 0 Å². The third kappa shape index (κ3) is 3.27. The summed E-state index contributed by atoms with van der Waals surface area (Å²) < 4.78 is -0.233. The predicted molar refractivity (Wildman–Crippen MR) is 87.3 cm³/mol. The Labute approximate surface area is 131 Å². The second kappa shape index (κ2) is 6.41. The predicted octanol–water partition coefficient (Wildman–Crippen LogP) is 3.04. The molecule has 1 amide bonds. The number of likely N-dealkylation sites (tertiary alicyclic amines) is 1. The first-order valence-electron chi connectivity index (χ1n) is 7.99. The second-order valence-electron chi connectivity index (χ2n) is 6.25. The van der Waals surface area contributed by atoms with E-state index in [0.717, 1.165) is 38.8 Å². The van der Waals surface area contributed by atoms with Crippen molar-refractivity contribution in [2.45, 2.75) is 54.2 Å². The van der Waals surface area contributed by atoms with Crippen LogP contribution in [0.2, 0.25) is 0 Å². The molecule has 114 valence electrons. The number of rotatable bonds is 3. The summed E-state index contributed by atoms with van der Waals surface area (Å²) in [6.07, 6.45) is 6.23. The summed E-state index contributed by atoms with van der Waals surface area (Å²) in [5.41, 5.74) is 5.96. The Morgan fingerprint density at radius 2 is 1.76 bits per heavy atom. The lowest BCUT2D eigenvalue weighted by molar-refractivity contribution is -0.134. The third-order valence-electron chi connectivity index (χ3n) is 4.68. The van der Waals surface area contributed by atoms with Gasteiger partial charge < -0.3 is 10.6 Å². The Kier molecular flexibility index (Phi) is 4.55. The van der Waals surface area contributed by atoms with Crippen molar-refractivity contribution < 1.29 is 4.79 Å². The number of piperidine rings is 1. The normalized spacial score (nSPS) is 22.4. The molecule has 3 nitrogen and oxygen atoms in total. The van der Waals surface area contributed by atoms with Gasteiger partial charge in [0.05, 0.1) is 4.75 Å². The number of hydrogen-bond acceptors (Lipinski definition) is 3. The molecule has 2 N–H and O–H groups in total. The van der Waals surface area contributed by atoms with E-state index in [4.69, 9.17) is 5.73 Å². The summed E-state index contributed by atoms with van der Waals surface area (Å²) in [6.45, 7) is 1.66. The number of nitrogens with two attached hydrogens (primary N) is 1. The highest BCUT2D eigenvalue weighted by atomic mass is 32.2. The summed E-state index contributed by atoms with van der Waals surface area (Å²) >= 11 is 1.78. The molecule has 0 bridgehead atoms. The topological polar surface area (TPSA) is 46.3 Å². The van der Waals surface area contributed by atoms with Gasteiger partial charge in [-0.25, -0.2) is 0 Å². The van der Waals surface area contributed by atoms with Crippen LogP contribution in [0.25, 0.3) is 0 Å². The van der Waals surface area contributed by atoms with Gasteiger partial charge in [0, 0.05) is 24.0 Å². The average Bonchev–Trinajstić information content (AvgIpc) is 2.98. The average molecular weight is 304 g/mol. The molecule has 0 unspecified atom stereocenters. The van der Waals surface area contributed by atoms with Crippen LogP contribution in [0.15, 0.2) is 35.2 Å². The zero-order valence-electron chi connectivity index (χ0n) is 12.5. The van der Waals surface area contributed by atoms with Crippen LogP contribution in [0.3, 0.4) is 0 Å². The van der Waals surface area contributed by atoms with Gasteiger partial charge >= 0.3 is 0 Å². The molecule has 0 aromatic heterocycles. The summed E-state index contributed by atoms with van der Waals surface area (Å²) in [7, 11) is 0. The van der Waals surface area contributed by atoms with E-state index in [-0.39, 0.29) is 10.8 Å². The van der Waals surface area contributed by atoms with E-state index in [2.05, 4.69) is 29.2 Å². The number of hydrogen-bond donors (Lipinski definition) is 1. The van der Waals surface area contributed by atoms with Crippen molar-refractivity contribution in [1.82, 2.24) is 4.90 Å². The minimum absolute atomic E-state index is 0.233.